The topological polar surface area (TPSA) is 60.7 Å². The predicted octanol–water partition coefficient (Wildman–Crippen LogP) is 1.30. The second-order valence-electron chi connectivity index (χ2n) is 3.50. The minimum absolute atomic E-state index is 0.0237. The lowest BCUT2D eigenvalue weighted by atomic mass is 9.93. The molecule has 0 atom stereocenters. The van der Waals surface area contributed by atoms with Crippen molar-refractivity contribution in [3.05, 3.63) is 27.8 Å². The molecule has 0 aliphatic rings. The van der Waals surface area contributed by atoms with Crippen LogP contribution in [0.25, 0.3) is 0 Å². The minimum atomic E-state index is -0.203. The van der Waals surface area contributed by atoms with Gasteiger partial charge in [0, 0.05) is 11.1 Å². The minimum Gasteiger partial charge on any atom is -0.507 e. The summed E-state index contributed by atoms with van der Waals surface area (Å²) in [5.74, 6) is 0.0237. The Hall–Kier alpha value is -1.06. The number of phenols is 1. The van der Waals surface area contributed by atoms with Crippen molar-refractivity contribution in [1.82, 2.24) is 0 Å². The lowest BCUT2D eigenvalue weighted by Crippen LogP contribution is -2.01. The van der Waals surface area contributed by atoms with Gasteiger partial charge < -0.3 is 15.3 Å². The third kappa shape index (κ3) is 1.49. The lowest BCUT2D eigenvalue weighted by Gasteiger charge is -2.16. The van der Waals surface area contributed by atoms with Gasteiger partial charge in [0.05, 0.1) is 13.2 Å². The molecule has 0 bridgehead atoms. The zero-order chi connectivity index (χ0) is 10.9. The second-order valence-corrected chi connectivity index (χ2v) is 3.50. The van der Waals surface area contributed by atoms with Gasteiger partial charge in [0.15, 0.2) is 0 Å². The Labute approximate surface area is 83.6 Å². The molecule has 3 N–H and O–H groups in total. The molecular formula is C11H16O3. The first kappa shape index (κ1) is 11.0. The fourth-order valence-electron chi connectivity index (χ4n) is 1.66. The predicted molar refractivity (Wildman–Crippen MR) is 54.2 cm³/mol. The van der Waals surface area contributed by atoms with E-state index in [1.54, 1.807) is 0 Å². The van der Waals surface area contributed by atoms with E-state index in [-0.39, 0.29) is 19.0 Å². The molecule has 0 aromatic heterocycles. The van der Waals surface area contributed by atoms with Crippen molar-refractivity contribution in [3.8, 4) is 5.75 Å². The highest BCUT2D eigenvalue weighted by Gasteiger charge is 2.15. The van der Waals surface area contributed by atoms with Crippen LogP contribution in [0, 0.1) is 20.8 Å². The standard InChI is InChI=1S/C11H16O3/c1-6-7(2)9(4-12)11(14)10(5-13)8(6)3/h12-14H,4-5H2,1-3H3. The SMILES string of the molecule is Cc1c(C)c(CO)c(O)c(CO)c1C. The van der Waals surface area contributed by atoms with Gasteiger partial charge in [0.2, 0.25) is 0 Å². The van der Waals surface area contributed by atoms with E-state index < -0.39 is 0 Å². The quantitative estimate of drug-likeness (QED) is 0.668. The molecule has 14 heavy (non-hydrogen) atoms. The second kappa shape index (κ2) is 3.98. The number of hydrogen-bond donors (Lipinski definition) is 3. The fourth-order valence-corrected chi connectivity index (χ4v) is 1.66. The first-order valence-electron chi connectivity index (χ1n) is 4.56. The van der Waals surface area contributed by atoms with E-state index in [9.17, 15) is 5.11 Å². The van der Waals surface area contributed by atoms with Gasteiger partial charge >= 0.3 is 0 Å². The van der Waals surface area contributed by atoms with Crippen molar-refractivity contribution in [2.24, 2.45) is 0 Å². The Morgan fingerprint density at radius 2 is 1.14 bits per heavy atom. The summed E-state index contributed by atoms with van der Waals surface area (Å²) in [4.78, 5) is 0. The van der Waals surface area contributed by atoms with Crippen LogP contribution in [0.2, 0.25) is 0 Å². The van der Waals surface area contributed by atoms with Crippen molar-refractivity contribution in [2.45, 2.75) is 34.0 Å². The van der Waals surface area contributed by atoms with Crippen molar-refractivity contribution in [2.75, 3.05) is 0 Å². The van der Waals surface area contributed by atoms with Crippen LogP contribution < -0.4 is 0 Å². The third-order valence-corrected chi connectivity index (χ3v) is 2.92. The molecule has 1 aromatic carbocycles. The first-order valence-corrected chi connectivity index (χ1v) is 4.56. The molecule has 0 saturated carbocycles. The molecule has 0 amide bonds. The summed E-state index contributed by atoms with van der Waals surface area (Å²) in [6, 6.07) is 0. The maximum absolute atomic E-state index is 9.75. The molecule has 0 aliphatic heterocycles. The van der Waals surface area contributed by atoms with Crippen LogP contribution in [0.15, 0.2) is 0 Å². The van der Waals surface area contributed by atoms with Gasteiger partial charge in [-0.05, 0) is 37.5 Å². The number of aliphatic hydroxyl groups is 2. The van der Waals surface area contributed by atoms with Gasteiger partial charge in [0.25, 0.3) is 0 Å². The summed E-state index contributed by atoms with van der Waals surface area (Å²) in [6.45, 7) is 5.23. The van der Waals surface area contributed by atoms with E-state index in [1.165, 1.54) is 0 Å². The zero-order valence-electron chi connectivity index (χ0n) is 8.76. The molecule has 78 valence electrons. The average Bonchev–Trinajstić information content (AvgIpc) is 2.16. The van der Waals surface area contributed by atoms with Crippen LogP contribution in [0.4, 0.5) is 0 Å². The van der Waals surface area contributed by atoms with Crippen LogP contribution in [0.5, 0.6) is 5.75 Å². The number of aliphatic hydroxyl groups excluding tert-OH is 2. The van der Waals surface area contributed by atoms with Gasteiger partial charge in [-0.2, -0.15) is 0 Å². The third-order valence-electron chi connectivity index (χ3n) is 2.92. The van der Waals surface area contributed by atoms with Crippen LogP contribution in [0.1, 0.15) is 27.8 Å². The number of rotatable bonds is 2. The Morgan fingerprint density at radius 1 is 0.786 bits per heavy atom. The maximum Gasteiger partial charge on any atom is 0.127 e. The van der Waals surface area contributed by atoms with Crippen molar-refractivity contribution >= 4 is 0 Å². The molecule has 1 rings (SSSR count). The van der Waals surface area contributed by atoms with Crippen LogP contribution in [0.3, 0.4) is 0 Å². The van der Waals surface area contributed by atoms with Crippen molar-refractivity contribution < 1.29 is 15.3 Å². The molecule has 0 radical (unpaired) electrons. The molecule has 3 nitrogen and oxygen atoms in total. The lowest BCUT2D eigenvalue weighted by molar-refractivity contribution is 0.262. The van der Waals surface area contributed by atoms with E-state index in [4.69, 9.17) is 10.2 Å². The first-order chi connectivity index (χ1) is 6.54. The van der Waals surface area contributed by atoms with E-state index in [2.05, 4.69) is 0 Å². The largest absolute Gasteiger partial charge is 0.507 e. The highest BCUT2D eigenvalue weighted by Crippen LogP contribution is 2.32. The molecule has 0 heterocycles. The normalized spacial score (nSPS) is 10.6. The Kier molecular flexibility index (Phi) is 3.13. The van der Waals surface area contributed by atoms with E-state index in [1.807, 2.05) is 20.8 Å². The van der Waals surface area contributed by atoms with Crippen molar-refractivity contribution in [3.63, 3.8) is 0 Å². The number of benzene rings is 1. The summed E-state index contributed by atoms with van der Waals surface area (Å²) in [5, 5.41) is 27.9. The van der Waals surface area contributed by atoms with Crippen LogP contribution in [-0.4, -0.2) is 15.3 Å². The number of aromatic hydroxyl groups is 1. The summed E-state index contributed by atoms with van der Waals surface area (Å²) in [6.07, 6.45) is 0. The monoisotopic (exact) mass is 196 g/mol. The maximum atomic E-state index is 9.75. The van der Waals surface area contributed by atoms with Gasteiger partial charge in [-0.15, -0.1) is 0 Å². The Balaban J connectivity index is 3.56. The molecule has 0 aliphatic carbocycles. The van der Waals surface area contributed by atoms with Crippen LogP contribution >= 0.6 is 0 Å². The number of hydrogen-bond acceptors (Lipinski definition) is 3. The summed E-state index contributed by atoms with van der Waals surface area (Å²) in [5.41, 5.74) is 3.81. The molecule has 0 unspecified atom stereocenters. The summed E-state index contributed by atoms with van der Waals surface area (Å²) >= 11 is 0. The molecule has 0 spiro atoms. The van der Waals surface area contributed by atoms with Crippen LogP contribution in [-0.2, 0) is 13.2 Å². The highest BCUT2D eigenvalue weighted by molar-refractivity contribution is 5.53. The zero-order valence-corrected chi connectivity index (χ0v) is 8.76. The fraction of sp³-hybridized carbons (Fsp3) is 0.455. The highest BCUT2D eigenvalue weighted by atomic mass is 16.3. The smallest absolute Gasteiger partial charge is 0.127 e. The van der Waals surface area contributed by atoms with Gasteiger partial charge in [-0.3, -0.25) is 0 Å². The van der Waals surface area contributed by atoms with Crippen molar-refractivity contribution in [1.29, 1.82) is 0 Å². The summed E-state index contributed by atoms with van der Waals surface area (Å²) < 4.78 is 0. The summed E-state index contributed by atoms with van der Waals surface area (Å²) in [7, 11) is 0. The average molecular weight is 196 g/mol. The molecular weight excluding hydrogens is 180 g/mol. The van der Waals surface area contributed by atoms with Gasteiger partial charge in [-0.1, -0.05) is 0 Å². The molecule has 0 saturated heterocycles. The van der Waals surface area contributed by atoms with Gasteiger partial charge in [-0.25, -0.2) is 0 Å². The van der Waals surface area contributed by atoms with E-state index >= 15 is 0 Å². The molecule has 3 heteroatoms. The Morgan fingerprint density at radius 3 is 1.43 bits per heavy atom. The Bertz CT molecular complexity index is 325. The van der Waals surface area contributed by atoms with E-state index in [0.717, 1.165) is 16.7 Å². The molecule has 0 fully saturated rings. The molecule has 1 aromatic rings. The van der Waals surface area contributed by atoms with Gasteiger partial charge in [0.1, 0.15) is 5.75 Å². The van der Waals surface area contributed by atoms with E-state index in [0.29, 0.717) is 11.1 Å².